The quantitative estimate of drug-likeness (QED) is 0.916. The third-order valence-corrected chi connectivity index (χ3v) is 3.76. The molecule has 1 aliphatic heterocycles. The minimum Gasteiger partial charge on any atom is -0.493 e. The van der Waals surface area contributed by atoms with Gasteiger partial charge < -0.3 is 14.6 Å². The van der Waals surface area contributed by atoms with Crippen LogP contribution < -0.4 is 10.1 Å². The number of para-hydroxylation sites is 1. The summed E-state index contributed by atoms with van der Waals surface area (Å²) in [6, 6.07) is 7.77. The van der Waals surface area contributed by atoms with Crippen LogP contribution in [0.5, 0.6) is 5.75 Å². The van der Waals surface area contributed by atoms with Crippen LogP contribution in [0.1, 0.15) is 25.6 Å². The first-order valence-electron chi connectivity index (χ1n) is 7.62. The Morgan fingerprint density at radius 2 is 2.29 bits per heavy atom. The van der Waals surface area contributed by atoms with E-state index in [1.807, 2.05) is 31.2 Å². The molecule has 5 nitrogen and oxygen atoms in total. The maximum Gasteiger partial charge on any atom is 0.261 e. The number of hydrogen-bond acceptors (Lipinski definition) is 5. The zero-order valence-electron chi connectivity index (χ0n) is 12.3. The summed E-state index contributed by atoms with van der Waals surface area (Å²) in [5, 5.41) is 7.53. The molecule has 1 atom stereocenters. The Labute approximate surface area is 124 Å². The first kappa shape index (κ1) is 14.1. The van der Waals surface area contributed by atoms with Gasteiger partial charge in [0.05, 0.1) is 12.2 Å². The molecule has 3 rings (SSSR count). The predicted molar refractivity (Wildman–Crippen MR) is 80.2 cm³/mol. The lowest BCUT2D eigenvalue weighted by molar-refractivity contribution is 0.338. The second-order valence-corrected chi connectivity index (χ2v) is 5.36. The number of rotatable bonds is 5. The van der Waals surface area contributed by atoms with Gasteiger partial charge in [0.1, 0.15) is 5.75 Å². The van der Waals surface area contributed by atoms with Crippen molar-refractivity contribution < 1.29 is 9.26 Å². The van der Waals surface area contributed by atoms with E-state index in [2.05, 4.69) is 15.5 Å². The van der Waals surface area contributed by atoms with E-state index in [1.54, 1.807) is 0 Å². The lowest BCUT2D eigenvalue weighted by Crippen LogP contribution is -2.31. The maximum absolute atomic E-state index is 5.61. The van der Waals surface area contributed by atoms with Gasteiger partial charge in [0.15, 0.2) is 5.82 Å². The molecule has 1 aromatic heterocycles. The van der Waals surface area contributed by atoms with Gasteiger partial charge in [-0.3, -0.25) is 0 Å². The lowest BCUT2D eigenvalue weighted by Gasteiger charge is -2.20. The molecule has 1 unspecified atom stereocenters. The van der Waals surface area contributed by atoms with Gasteiger partial charge in [-0.1, -0.05) is 17.3 Å². The first-order valence-corrected chi connectivity index (χ1v) is 7.62. The predicted octanol–water partition coefficient (Wildman–Crippen LogP) is 2.68. The minimum atomic E-state index is 0.540. The van der Waals surface area contributed by atoms with Crippen LogP contribution in [0.2, 0.25) is 0 Å². The molecular weight excluding hydrogens is 266 g/mol. The van der Waals surface area contributed by atoms with Crippen molar-refractivity contribution >= 4 is 0 Å². The van der Waals surface area contributed by atoms with Crippen LogP contribution in [0.25, 0.3) is 11.5 Å². The van der Waals surface area contributed by atoms with Crippen molar-refractivity contribution in [3.63, 3.8) is 0 Å². The van der Waals surface area contributed by atoms with Gasteiger partial charge in [-0.15, -0.1) is 0 Å². The highest BCUT2D eigenvalue weighted by Gasteiger charge is 2.18. The molecule has 0 bridgehead atoms. The number of hydrogen-bond donors (Lipinski definition) is 1. The van der Waals surface area contributed by atoms with E-state index in [0.717, 1.165) is 36.6 Å². The van der Waals surface area contributed by atoms with Gasteiger partial charge in [0.25, 0.3) is 5.89 Å². The highest BCUT2D eigenvalue weighted by molar-refractivity contribution is 5.62. The van der Waals surface area contributed by atoms with E-state index in [9.17, 15) is 0 Å². The molecule has 1 aliphatic rings. The zero-order valence-corrected chi connectivity index (χ0v) is 12.3. The second-order valence-electron chi connectivity index (χ2n) is 5.36. The lowest BCUT2D eigenvalue weighted by atomic mass is 9.96. The monoisotopic (exact) mass is 287 g/mol. The summed E-state index contributed by atoms with van der Waals surface area (Å²) in [4.78, 5) is 4.53. The Kier molecular flexibility index (Phi) is 4.50. The molecule has 0 radical (unpaired) electrons. The molecular formula is C16H21N3O2. The van der Waals surface area contributed by atoms with Gasteiger partial charge in [-0.25, -0.2) is 0 Å². The highest BCUT2D eigenvalue weighted by atomic mass is 16.5. The Morgan fingerprint density at radius 3 is 3.10 bits per heavy atom. The van der Waals surface area contributed by atoms with Gasteiger partial charge in [0.2, 0.25) is 0 Å². The molecule has 21 heavy (non-hydrogen) atoms. The van der Waals surface area contributed by atoms with Gasteiger partial charge in [0, 0.05) is 6.42 Å². The van der Waals surface area contributed by atoms with Crippen molar-refractivity contribution in [2.45, 2.75) is 26.2 Å². The molecule has 0 aliphatic carbocycles. The maximum atomic E-state index is 5.61. The molecule has 5 heteroatoms. The largest absolute Gasteiger partial charge is 0.493 e. The SMILES string of the molecule is CCOc1ccccc1-c1nc(CC2CCCNC2)no1. The fourth-order valence-electron chi connectivity index (χ4n) is 2.73. The fourth-order valence-corrected chi connectivity index (χ4v) is 2.73. The highest BCUT2D eigenvalue weighted by Crippen LogP contribution is 2.28. The summed E-state index contributed by atoms with van der Waals surface area (Å²) in [6.07, 6.45) is 3.32. The van der Waals surface area contributed by atoms with Crippen molar-refractivity contribution in [1.29, 1.82) is 0 Å². The molecule has 0 spiro atoms. The van der Waals surface area contributed by atoms with Crippen molar-refractivity contribution in [1.82, 2.24) is 15.5 Å². The number of piperidine rings is 1. The smallest absolute Gasteiger partial charge is 0.261 e. The fraction of sp³-hybridized carbons (Fsp3) is 0.500. The Balaban J connectivity index is 1.75. The molecule has 1 aromatic carbocycles. The summed E-state index contributed by atoms with van der Waals surface area (Å²) in [5.41, 5.74) is 0.861. The third-order valence-electron chi connectivity index (χ3n) is 3.76. The van der Waals surface area contributed by atoms with Crippen molar-refractivity contribution in [3.05, 3.63) is 30.1 Å². The number of benzene rings is 1. The molecule has 1 saturated heterocycles. The summed E-state index contributed by atoms with van der Waals surface area (Å²) in [5.74, 6) is 2.71. The summed E-state index contributed by atoms with van der Waals surface area (Å²) in [7, 11) is 0. The normalized spacial score (nSPS) is 18.6. The molecule has 0 amide bonds. The van der Waals surface area contributed by atoms with E-state index in [4.69, 9.17) is 9.26 Å². The number of nitrogens with zero attached hydrogens (tertiary/aromatic N) is 2. The average Bonchev–Trinajstić information content (AvgIpc) is 2.97. The van der Waals surface area contributed by atoms with Gasteiger partial charge in [-0.2, -0.15) is 4.98 Å². The zero-order chi connectivity index (χ0) is 14.5. The van der Waals surface area contributed by atoms with Crippen LogP contribution in [0.4, 0.5) is 0 Å². The molecule has 1 fully saturated rings. The molecule has 0 saturated carbocycles. The van der Waals surface area contributed by atoms with Crippen molar-refractivity contribution in [2.75, 3.05) is 19.7 Å². The van der Waals surface area contributed by atoms with Crippen molar-refractivity contribution in [2.24, 2.45) is 5.92 Å². The van der Waals surface area contributed by atoms with E-state index < -0.39 is 0 Å². The summed E-state index contributed by atoms with van der Waals surface area (Å²) in [6.45, 7) is 4.74. The van der Waals surface area contributed by atoms with Crippen LogP contribution in [0, 0.1) is 5.92 Å². The second kappa shape index (κ2) is 6.72. The van der Waals surface area contributed by atoms with Crippen LogP contribution in [-0.2, 0) is 6.42 Å². The van der Waals surface area contributed by atoms with Gasteiger partial charge in [-0.05, 0) is 50.9 Å². The van der Waals surface area contributed by atoms with Crippen molar-refractivity contribution in [3.8, 4) is 17.2 Å². The molecule has 1 N–H and O–H groups in total. The summed E-state index contributed by atoms with van der Waals surface area (Å²) >= 11 is 0. The van der Waals surface area contributed by atoms with Crippen LogP contribution in [0.15, 0.2) is 28.8 Å². The Bertz CT molecular complexity index is 576. The van der Waals surface area contributed by atoms with Crippen LogP contribution >= 0.6 is 0 Å². The van der Waals surface area contributed by atoms with Gasteiger partial charge >= 0.3 is 0 Å². The van der Waals surface area contributed by atoms with E-state index >= 15 is 0 Å². The molecule has 2 aromatic rings. The third kappa shape index (κ3) is 3.42. The van der Waals surface area contributed by atoms with E-state index in [0.29, 0.717) is 18.4 Å². The Morgan fingerprint density at radius 1 is 1.38 bits per heavy atom. The standard InChI is InChI=1S/C16H21N3O2/c1-2-20-14-8-4-3-7-13(14)16-18-15(19-21-16)10-12-6-5-9-17-11-12/h3-4,7-8,12,17H,2,5-6,9-11H2,1H3. The Hall–Kier alpha value is -1.88. The number of nitrogens with one attached hydrogen (secondary N) is 1. The number of aromatic nitrogens is 2. The average molecular weight is 287 g/mol. The first-order chi connectivity index (χ1) is 10.4. The van der Waals surface area contributed by atoms with E-state index in [-0.39, 0.29) is 0 Å². The topological polar surface area (TPSA) is 60.2 Å². The van der Waals surface area contributed by atoms with Crippen LogP contribution in [0.3, 0.4) is 0 Å². The summed E-state index contributed by atoms with van der Waals surface area (Å²) < 4.78 is 11.0. The van der Waals surface area contributed by atoms with Crippen LogP contribution in [-0.4, -0.2) is 29.8 Å². The number of ether oxygens (including phenoxy) is 1. The van der Waals surface area contributed by atoms with E-state index in [1.165, 1.54) is 12.8 Å². The minimum absolute atomic E-state index is 0.540. The molecule has 2 heterocycles. The molecule has 112 valence electrons.